The van der Waals surface area contributed by atoms with Gasteiger partial charge in [0.1, 0.15) is 5.82 Å². The maximum Gasteiger partial charge on any atom is 0.341 e. The van der Waals surface area contributed by atoms with Gasteiger partial charge in [-0.15, -0.1) is 0 Å². The molecule has 21 heavy (non-hydrogen) atoms. The van der Waals surface area contributed by atoms with Crippen LogP contribution in [0.5, 0.6) is 0 Å². The van der Waals surface area contributed by atoms with Gasteiger partial charge in [0, 0.05) is 5.69 Å². The summed E-state index contributed by atoms with van der Waals surface area (Å²) in [6.07, 6.45) is -1.23. The van der Waals surface area contributed by atoms with Gasteiger partial charge in [-0.1, -0.05) is 13.8 Å². The van der Waals surface area contributed by atoms with Gasteiger partial charge in [-0.05, 0) is 24.1 Å². The molecule has 0 unspecified atom stereocenters. The van der Waals surface area contributed by atoms with Crippen LogP contribution in [0.25, 0.3) is 0 Å². The van der Waals surface area contributed by atoms with Gasteiger partial charge in [0.2, 0.25) is 0 Å². The number of nitrogen functional groups attached to an aromatic ring is 1. The third-order valence-electron chi connectivity index (χ3n) is 2.58. The minimum Gasteiger partial charge on any atom is -0.448 e. The first-order chi connectivity index (χ1) is 9.72. The number of primary amides is 1. The molecule has 0 aliphatic heterocycles. The zero-order chi connectivity index (χ0) is 16.2. The van der Waals surface area contributed by atoms with Gasteiger partial charge in [-0.25, -0.2) is 14.0 Å². The maximum atomic E-state index is 12.9. The number of hydrogen-bond donors (Lipinski definition) is 3. The summed E-state index contributed by atoms with van der Waals surface area (Å²) in [7, 11) is 0. The molecule has 5 N–H and O–H groups in total. The fraction of sp³-hybridized carbons (Fsp3) is 0.308. The van der Waals surface area contributed by atoms with Gasteiger partial charge in [0.05, 0.1) is 5.56 Å². The molecule has 0 bridgehead atoms. The summed E-state index contributed by atoms with van der Waals surface area (Å²) in [5, 5.41) is 1.84. The number of nitrogens with one attached hydrogen (secondary N) is 1. The number of amides is 3. The number of anilines is 1. The number of urea groups is 1. The molecule has 1 aromatic carbocycles. The highest BCUT2D eigenvalue weighted by Gasteiger charge is 2.28. The first-order valence-corrected chi connectivity index (χ1v) is 6.08. The molecule has 0 aliphatic rings. The van der Waals surface area contributed by atoms with Crippen molar-refractivity contribution >= 4 is 23.6 Å². The largest absolute Gasteiger partial charge is 0.448 e. The highest BCUT2D eigenvalue weighted by Crippen LogP contribution is 2.17. The highest BCUT2D eigenvalue weighted by molar-refractivity contribution is 5.99. The molecule has 0 spiro atoms. The van der Waals surface area contributed by atoms with E-state index in [0.29, 0.717) is 0 Å². The number of imide groups is 1. The number of hydrogen-bond acceptors (Lipinski definition) is 5. The number of ether oxygens (including phenoxy) is 1. The summed E-state index contributed by atoms with van der Waals surface area (Å²) in [5.74, 6) is -2.75. The Hall–Kier alpha value is -2.64. The topological polar surface area (TPSA) is 125 Å². The number of carbonyl (C=O) groups excluding carboxylic acids is 3. The van der Waals surface area contributed by atoms with Crippen LogP contribution in [-0.4, -0.2) is 24.0 Å². The lowest BCUT2D eigenvalue weighted by molar-refractivity contribution is -0.130. The van der Waals surface area contributed by atoms with Gasteiger partial charge in [0.25, 0.3) is 5.91 Å². The quantitative estimate of drug-likeness (QED) is 0.559. The lowest BCUT2D eigenvalue weighted by atomic mass is 10.1. The zero-order valence-electron chi connectivity index (χ0n) is 11.6. The second-order valence-electron chi connectivity index (χ2n) is 4.66. The SMILES string of the molecule is CC(C)[C@H](OC(=O)c1ccc(F)cc1N)C(=O)NC(N)=O. The molecule has 0 saturated heterocycles. The Morgan fingerprint density at radius 3 is 2.38 bits per heavy atom. The average Bonchev–Trinajstić information content (AvgIpc) is 2.34. The molecular weight excluding hydrogens is 281 g/mol. The van der Waals surface area contributed by atoms with E-state index in [1.807, 2.05) is 5.32 Å². The number of rotatable bonds is 4. The molecule has 1 rings (SSSR count). The summed E-state index contributed by atoms with van der Waals surface area (Å²) >= 11 is 0. The minimum absolute atomic E-state index is 0.0751. The number of esters is 1. The summed E-state index contributed by atoms with van der Waals surface area (Å²) in [6.45, 7) is 3.24. The van der Waals surface area contributed by atoms with Crippen molar-refractivity contribution < 1.29 is 23.5 Å². The molecular formula is C13H16FN3O4. The number of nitrogens with two attached hydrogens (primary N) is 2. The van der Waals surface area contributed by atoms with Crippen LogP contribution in [0, 0.1) is 11.7 Å². The van der Waals surface area contributed by atoms with E-state index < -0.39 is 35.7 Å². The van der Waals surface area contributed by atoms with Crippen molar-refractivity contribution in [1.29, 1.82) is 0 Å². The molecule has 114 valence electrons. The molecule has 0 radical (unpaired) electrons. The molecule has 8 heteroatoms. The van der Waals surface area contributed by atoms with Crippen LogP contribution in [0.1, 0.15) is 24.2 Å². The maximum absolute atomic E-state index is 12.9. The van der Waals surface area contributed by atoms with Crippen molar-refractivity contribution in [3.8, 4) is 0 Å². The Bertz CT molecular complexity index is 575. The Morgan fingerprint density at radius 1 is 1.29 bits per heavy atom. The van der Waals surface area contributed by atoms with Gasteiger partial charge >= 0.3 is 12.0 Å². The first kappa shape index (κ1) is 16.4. The number of benzene rings is 1. The Labute approximate surface area is 120 Å². The normalized spacial score (nSPS) is 11.8. The molecule has 0 aliphatic carbocycles. The Morgan fingerprint density at radius 2 is 1.90 bits per heavy atom. The van der Waals surface area contributed by atoms with E-state index in [0.717, 1.165) is 18.2 Å². The van der Waals surface area contributed by atoms with Crippen LogP contribution in [0.3, 0.4) is 0 Å². The standard InChI is InChI=1S/C13H16FN3O4/c1-6(2)10(11(18)17-13(16)20)21-12(19)8-4-3-7(14)5-9(8)15/h3-6,10H,15H2,1-2H3,(H3,16,17,18,20)/t10-/m0/s1. The van der Waals surface area contributed by atoms with Crippen molar-refractivity contribution in [1.82, 2.24) is 5.32 Å². The lowest BCUT2D eigenvalue weighted by Crippen LogP contribution is -2.45. The molecule has 3 amide bonds. The summed E-state index contributed by atoms with van der Waals surface area (Å²) in [4.78, 5) is 34.4. The molecule has 0 fully saturated rings. The summed E-state index contributed by atoms with van der Waals surface area (Å²) in [6, 6.07) is 2.10. The predicted octanol–water partition coefficient (Wildman–Crippen LogP) is 0.784. The van der Waals surface area contributed by atoms with Crippen LogP contribution >= 0.6 is 0 Å². The smallest absolute Gasteiger partial charge is 0.341 e. The van der Waals surface area contributed by atoms with Gasteiger partial charge in [0.15, 0.2) is 6.10 Å². The average molecular weight is 297 g/mol. The molecule has 0 heterocycles. The van der Waals surface area contributed by atoms with Gasteiger partial charge in [-0.2, -0.15) is 0 Å². The van der Waals surface area contributed by atoms with Crippen molar-refractivity contribution in [3.63, 3.8) is 0 Å². The van der Waals surface area contributed by atoms with Crippen LogP contribution in [0.4, 0.5) is 14.9 Å². The Kier molecular flexibility index (Phi) is 5.23. The molecule has 0 saturated carbocycles. The molecule has 0 aromatic heterocycles. The second-order valence-corrected chi connectivity index (χ2v) is 4.66. The predicted molar refractivity (Wildman–Crippen MR) is 72.6 cm³/mol. The molecule has 7 nitrogen and oxygen atoms in total. The van der Waals surface area contributed by atoms with E-state index in [-0.39, 0.29) is 11.3 Å². The summed E-state index contributed by atoms with van der Waals surface area (Å²) < 4.78 is 17.9. The molecule has 1 aromatic rings. The van der Waals surface area contributed by atoms with E-state index in [9.17, 15) is 18.8 Å². The van der Waals surface area contributed by atoms with Crippen LogP contribution < -0.4 is 16.8 Å². The fourth-order valence-corrected chi connectivity index (χ4v) is 1.58. The minimum atomic E-state index is -1.23. The fourth-order valence-electron chi connectivity index (χ4n) is 1.58. The van der Waals surface area contributed by atoms with Crippen molar-refractivity contribution in [2.24, 2.45) is 11.7 Å². The second kappa shape index (κ2) is 6.69. The van der Waals surface area contributed by atoms with E-state index in [1.54, 1.807) is 13.8 Å². The highest BCUT2D eigenvalue weighted by atomic mass is 19.1. The van der Waals surface area contributed by atoms with Crippen LogP contribution in [0.2, 0.25) is 0 Å². The number of carbonyl (C=O) groups is 3. The number of halogens is 1. The van der Waals surface area contributed by atoms with Crippen LogP contribution in [-0.2, 0) is 9.53 Å². The lowest BCUT2D eigenvalue weighted by Gasteiger charge is -2.20. The first-order valence-electron chi connectivity index (χ1n) is 6.08. The third kappa shape index (κ3) is 4.44. The van der Waals surface area contributed by atoms with Gasteiger partial charge < -0.3 is 16.2 Å². The summed E-state index contributed by atoms with van der Waals surface area (Å²) in [5.41, 5.74) is 10.2. The van der Waals surface area contributed by atoms with E-state index in [1.165, 1.54) is 0 Å². The van der Waals surface area contributed by atoms with Crippen LogP contribution in [0.15, 0.2) is 18.2 Å². The van der Waals surface area contributed by atoms with Crippen molar-refractivity contribution in [2.45, 2.75) is 20.0 Å². The monoisotopic (exact) mass is 297 g/mol. The molecule has 1 atom stereocenters. The van der Waals surface area contributed by atoms with Crippen molar-refractivity contribution in [3.05, 3.63) is 29.6 Å². The van der Waals surface area contributed by atoms with E-state index in [2.05, 4.69) is 0 Å². The zero-order valence-corrected chi connectivity index (χ0v) is 11.6. The van der Waals surface area contributed by atoms with E-state index in [4.69, 9.17) is 16.2 Å². The van der Waals surface area contributed by atoms with E-state index >= 15 is 0 Å². The van der Waals surface area contributed by atoms with Crippen molar-refractivity contribution in [2.75, 3.05) is 5.73 Å². The van der Waals surface area contributed by atoms with Gasteiger partial charge in [-0.3, -0.25) is 10.1 Å². The third-order valence-corrected chi connectivity index (χ3v) is 2.58. The Balaban J connectivity index is 2.91.